The molecule has 1 aliphatic rings. The molecule has 0 amide bonds. The van der Waals surface area contributed by atoms with Crippen molar-refractivity contribution in [3.8, 4) is 11.4 Å². The second-order valence-electron chi connectivity index (χ2n) is 8.46. The van der Waals surface area contributed by atoms with Crippen molar-refractivity contribution in [3.05, 3.63) is 96.1 Å². The van der Waals surface area contributed by atoms with Gasteiger partial charge in [-0.1, -0.05) is 6.07 Å². The second kappa shape index (κ2) is 9.39. The first-order valence-corrected chi connectivity index (χ1v) is 11.4. The van der Waals surface area contributed by atoms with E-state index in [-0.39, 0.29) is 0 Å². The number of hydrogen-bond donors (Lipinski definition) is 1. The highest BCUT2D eigenvalue weighted by atomic mass is 16.5. The molecular formula is C27H26N4O3. The topological polar surface area (TPSA) is 80.5 Å². The number of benzene rings is 2. The lowest BCUT2D eigenvalue weighted by atomic mass is 9.87. The van der Waals surface area contributed by atoms with Crippen LogP contribution in [-0.2, 0) is 6.42 Å². The fourth-order valence-electron chi connectivity index (χ4n) is 4.52. The number of carboxylic acid groups (broad SMARTS) is 1. The number of aromatic carboxylic acids is 1. The maximum absolute atomic E-state index is 11.5. The first-order chi connectivity index (χ1) is 16.6. The smallest absolute Gasteiger partial charge is 0.336 e. The van der Waals surface area contributed by atoms with Crippen molar-refractivity contribution in [3.63, 3.8) is 0 Å². The van der Waals surface area contributed by atoms with E-state index in [2.05, 4.69) is 45.3 Å². The molecule has 0 radical (unpaired) electrons. The largest absolute Gasteiger partial charge is 0.493 e. The Bertz CT molecular complexity index is 1290. The summed E-state index contributed by atoms with van der Waals surface area (Å²) in [6.45, 7) is 0.655. The minimum atomic E-state index is -0.907. The normalized spacial score (nSPS) is 14.8. The van der Waals surface area contributed by atoms with Gasteiger partial charge in [0.1, 0.15) is 5.75 Å². The van der Waals surface area contributed by atoms with E-state index >= 15 is 0 Å². The van der Waals surface area contributed by atoms with Crippen LogP contribution in [0.5, 0.6) is 5.75 Å². The number of aryl methyl sites for hydroxylation is 1. The molecule has 0 spiro atoms. The lowest BCUT2D eigenvalue weighted by Gasteiger charge is -2.28. The first kappa shape index (κ1) is 21.7. The second-order valence-corrected chi connectivity index (χ2v) is 8.46. The third kappa shape index (κ3) is 4.37. The number of nitrogens with zero attached hydrogens (tertiary/aromatic N) is 4. The summed E-state index contributed by atoms with van der Waals surface area (Å²) in [6, 6.07) is 18.1. The molecule has 0 saturated heterocycles. The number of rotatable bonds is 7. The van der Waals surface area contributed by atoms with Gasteiger partial charge in [0.25, 0.3) is 0 Å². The molecular weight excluding hydrogens is 428 g/mol. The lowest BCUT2D eigenvalue weighted by molar-refractivity contribution is 0.0695. The molecule has 172 valence electrons. The molecule has 0 bridgehead atoms. The molecule has 3 heterocycles. The van der Waals surface area contributed by atoms with Crippen LogP contribution in [-0.4, -0.2) is 39.5 Å². The number of anilines is 2. The molecule has 0 unspecified atom stereocenters. The highest BCUT2D eigenvalue weighted by Gasteiger charge is 2.23. The molecule has 1 aliphatic heterocycles. The number of fused-ring (bicyclic) bond motifs is 1. The summed E-state index contributed by atoms with van der Waals surface area (Å²) in [5.41, 5.74) is 5.42. The molecule has 1 N–H and O–H groups in total. The molecule has 7 heteroatoms. The molecule has 2 aromatic heterocycles. The summed E-state index contributed by atoms with van der Waals surface area (Å²) < 4.78 is 7.85. The minimum Gasteiger partial charge on any atom is -0.493 e. The third-order valence-electron chi connectivity index (χ3n) is 6.45. The third-order valence-corrected chi connectivity index (χ3v) is 6.45. The van der Waals surface area contributed by atoms with Gasteiger partial charge in [-0.05, 0) is 78.8 Å². The van der Waals surface area contributed by atoms with Crippen LogP contribution in [0.25, 0.3) is 5.69 Å². The average molecular weight is 455 g/mol. The van der Waals surface area contributed by atoms with Gasteiger partial charge in [0.05, 0.1) is 17.9 Å². The van der Waals surface area contributed by atoms with E-state index in [0.29, 0.717) is 24.5 Å². The zero-order valence-electron chi connectivity index (χ0n) is 19.0. The van der Waals surface area contributed by atoms with Crippen molar-refractivity contribution in [2.24, 2.45) is 0 Å². The molecule has 0 fully saturated rings. The van der Waals surface area contributed by atoms with Gasteiger partial charge in [-0.3, -0.25) is 4.98 Å². The molecule has 7 nitrogen and oxygen atoms in total. The van der Waals surface area contributed by atoms with Crippen molar-refractivity contribution in [1.29, 1.82) is 0 Å². The van der Waals surface area contributed by atoms with Crippen molar-refractivity contribution < 1.29 is 14.6 Å². The lowest BCUT2D eigenvalue weighted by Crippen LogP contribution is -2.17. The van der Waals surface area contributed by atoms with E-state index in [4.69, 9.17) is 4.74 Å². The van der Waals surface area contributed by atoms with Crippen molar-refractivity contribution in [2.45, 2.75) is 25.2 Å². The maximum Gasteiger partial charge on any atom is 0.336 e. The summed E-state index contributed by atoms with van der Waals surface area (Å²) in [5, 5.41) is 13.7. The zero-order valence-corrected chi connectivity index (χ0v) is 19.0. The Morgan fingerprint density at radius 3 is 2.74 bits per heavy atom. The highest BCUT2D eigenvalue weighted by Crippen LogP contribution is 2.39. The number of ether oxygens (including phenoxy) is 1. The Balaban J connectivity index is 1.32. The van der Waals surface area contributed by atoms with Crippen LogP contribution in [0.3, 0.4) is 0 Å². The van der Waals surface area contributed by atoms with Crippen LogP contribution in [0.4, 0.5) is 11.4 Å². The van der Waals surface area contributed by atoms with Gasteiger partial charge >= 0.3 is 5.97 Å². The van der Waals surface area contributed by atoms with Crippen LogP contribution in [0.15, 0.2) is 79.4 Å². The highest BCUT2D eigenvalue weighted by molar-refractivity contribution is 5.89. The number of carbonyl (C=O) groups is 1. The minimum absolute atomic E-state index is 0.318. The quantitative estimate of drug-likeness (QED) is 0.412. The monoisotopic (exact) mass is 454 g/mol. The van der Waals surface area contributed by atoms with Crippen LogP contribution < -0.4 is 9.64 Å². The van der Waals surface area contributed by atoms with E-state index < -0.39 is 5.97 Å². The summed E-state index contributed by atoms with van der Waals surface area (Å²) in [6.07, 6.45) is 9.32. The average Bonchev–Trinajstić information content (AvgIpc) is 3.42. The molecule has 0 saturated carbocycles. The Kier molecular flexibility index (Phi) is 5.99. The Morgan fingerprint density at radius 1 is 1.15 bits per heavy atom. The van der Waals surface area contributed by atoms with Gasteiger partial charge in [-0.25, -0.2) is 9.48 Å². The van der Waals surface area contributed by atoms with E-state index in [0.717, 1.165) is 41.2 Å². The SMILES string of the molecule is CN(c1ccc(-n2cccn2)cc1)c1ccc2c(c1)OCC[C@H]2CCc1cnccc1C(=O)O. The van der Waals surface area contributed by atoms with Crippen LogP contribution >= 0.6 is 0 Å². The fourth-order valence-corrected chi connectivity index (χ4v) is 4.52. The van der Waals surface area contributed by atoms with E-state index in [9.17, 15) is 9.90 Å². The predicted molar refractivity (Wildman–Crippen MR) is 130 cm³/mol. The molecule has 2 aromatic carbocycles. The Labute approximate surface area is 198 Å². The van der Waals surface area contributed by atoms with Gasteiger partial charge < -0.3 is 14.7 Å². The maximum atomic E-state index is 11.5. The van der Waals surface area contributed by atoms with E-state index in [1.54, 1.807) is 18.5 Å². The fraction of sp³-hybridized carbons (Fsp3) is 0.222. The zero-order chi connectivity index (χ0) is 23.5. The Morgan fingerprint density at radius 2 is 1.97 bits per heavy atom. The molecule has 34 heavy (non-hydrogen) atoms. The predicted octanol–water partition coefficient (Wildman–Crippen LogP) is 5.23. The van der Waals surface area contributed by atoms with Crippen LogP contribution in [0.1, 0.15) is 40.2 Å². The van der Waals surface area contributed by atoms with Crippen LogP contribution in [0.2, 0.25) is 0 Å². The van der Waals surface area contributed by atoms with Crippen molar-refractivity contribution in [1.82, 2.24) is 14.8 Å². The summed E-state index contributed by atoms with van der Waals surface area (Å²) in [5.74, 6) is 0.312. The van der Waals surface area contributed by atoms with Crippen molar-refractivity contribution >= 4 is 17.3 Å². The molecule has 1 atom stereocenters. The van der Waals surface area contributed by atoms with Gasteiger partial charge in [0, 0.05) is 49.3 Å². The van der Waals surface area contributed by atoms with E-state index in [1.165, 1.54) is 11.8 Å². The summed E-state index contributed by atoms with van der Waals surface area (Å²) in [4.78, 5) is 17.8. The van der Waals surface area contributed by atoms with Crippen molar-refractivity contribution in [2.75, 3.05) is 18.6 Å². The number of carboxylic acids is 1. The molecule has 5 rings (SSSR count). The number of aromatic nitrogens is 3. The van der Waals surface area contributed by atoms with Gasteiger partial charge in [0.2, 0.25) is 0 Å². The molecule has 0 aliphatic carbocycles. The van der Waals surface area contributed by atoms with Crippen LogP contribution in [0, 0.1) is 0 Å². The van der Waals surface area contributed by atoms with Gasteiger partial charge in [0.15, 0.2) is 0 Å². The van der Waals surface area contributed by atoms with E-state index in [1.807, 2.05) is 36.1 Å². The first-order valence-electron chi connectivity index (χ1n) is 11.4. The number of hydrogen-bond acceptors (Lipinski definition) is 5. The summed E-state index contributed by atoms with van der Waals surface area (Å²) >= 11 is 0. The van der Waals surface area contributed by atoms with Gasteiger partial charge in [-0.15, -0.1) is 0 Å². The van der Waals surface area contributed by atoms with Gasteiger partial charge in [-0.2, -0.15) is 5.10 Å². The standard InChI is InChI=1S/C27H26N4O3/c1-30(21-5-7-22(8-6-21)31-15-2-13-29-31)23-9-10-24-19(12-16-34-26(24)17-23)3-4-20-18-28-14-11-25(20)27(32)33/h2,5-11,13-15,17-19H,3-4,12,16H2,1H3,(H,32,33)/t19-/m1/s1. The molecule has 4 aromatic rings. The summed E-state index contributed by atoms with van der Waals surface area (Å²) in [7, 11) is 2.04. The number of pyridine rings is 1. The Hall–Kier alpha value is -4.13.